The van der Waals surface area contributed by atoms with Crippen molar-refractivity contribution in [3.8, 4) is 0 Å². The highest BCUT2D eigenvalue weighted by Gasteiger charge is 2.34. The van der Waals surface area contributed by atoms with Crippen LogP contribution in [0, 0.1) is 35.5 Å². The maximum absolute atomic E-state index is 12.3. The lowest BCUT2D eigenvalue weighted by Gasteiger charge is -2.36. The van der Waals surface area contributed by atoms with Gasteiger partial charge in [-0.2, -0.15) is 0 Å². The second kappa shape index (κ2) is 15.5. The van der Waals surface area contributed by atoms with Crippen LogP contribution in [0.25, 0.3) is 0 Å². The molecule has 0 bridgehead atoms. The minimum Gasteiger partial charge on any atom is -0.478 e. The Morgan fingerprint density at radius 1 is 0.639 bits per heavy atom. The quantitative estimate of drug-likeness (QED) is 0.336. The molecule has 2 N–H and O–H groups in total. The van der Waals surface area contributed by atoms with Crippen molar-refractivity contribution >= 4 is 23.9 Å². The molecule has 2 aliphatic rings. The molecule has 8 heteroatoms. The summed E-state index contributed by atoms with van der Waals surface area (Å²) >= 11 is 0. The van der Waals surface area contributed by atoms with Crippen LogP contribution in [-0.4, -0.2) is 46.3 Å². The van der Waals surface area contributed by atoms with Crippen LogP contribution in [0.15, 0.2) is 24.3 Å². The lowest BCUT2D eigenvalue weighted by molar-refractivity contribution is -0.152. The zero-order valence-corrected chi connectivity index (χ0v) is 22.5. The van der Waals surface area contributed by atoms with Crippen LogP contribution in [0.2, 0.25) is 0 Å². The van der Waals surface area contributed by atoms with Gasteiger partial charge >= 0.3 is 23.9 Å². The minimum absolute atomic E-state index is 0.0542. The van der Waals surface area contributed by atoms with Crippen molar-refractivity contribution in [3.63, 3.8) is 0 Å². The van der Waals surface area contributed by atoms with E-state index in [1.165, 1.54) is 25.0 Å². The van der Waals surface area contributed by atoms with E-state index in [1.807, 2.05) is 0 Å². The number of carbonyl (C=O) groups is 4. The van der Waals surface area contributed by atoms with Crippen LogP contribution >= 0.6 is 0 Å². The van der Waals surface area contributed by atoms with Crippen molar-refractivity contribution in [2.45, 2.75) is 92.3 Å². The van der Waals surface area contributed by atoms with Crippen molar-refractivity contribution in [1.29, 1.82) is 0 Å². The summed E-state index contributed by atoms with van der Waals surface area (Å²) in [7, 11) is 0. The SMILES string of the molecule is CC1CCC(C(C)C)C(OC(=O)/C=C\C(=O)OC2CC(C)CCC2C(C)C)C1.O=C(O)/C=C\C(=O)O. The molecule has 0 radical (unpaired) electrons. The smallest absolute Gasteiger partial charge is 0.331 e. The number of rotatable bonds is 8. The van der Waals surface area contributed by atoms with E-state index in [-0.39, 0.29) is 12.2 Å². The van der Waals surface area contributed by atoms with Gasteiger partial charge in [0.25, 0.3) is 0 Å². The van der Waals surface area contributed by atoms with Gasteiger partial charge in [0.15, 0.2) is 0 Å². The van der Waals surface area contributed by atoms with Crippen molar-refractivity contribution < 1.29 is 38.9 Å². The molecule has 2 rings (SSSR count). The summed E-state index contributed by atoms with van der Waals surface area (Å²) in [5.74, 6) is -0.461. The van der Waals surface area contributed by atoms with Crippen LogP contribution in [0.4, 0.5) is 0 Å². The number of carboxylic acid groups (broad SMARTS) is 2. The van der Waals surface area contributed by atoms with Gasteiger partial charge in [-0.15, -0.1) is 0 Å². The first-order valence-electron chi connectivity index (χ1n) is 13.0. The molecular weight excluding hydrogens is 464 g/mol. The largest absolute Gasteiger partial charge is 0.478 e. The van der Waals surface area contributed by atoms with Gasteiger partial charge in [0.05, 0.1) is 0 Å². The molecule has 6 atom stereocenters. The molecule has 204 valence electrons. The Hall–Kier alpha value is -2.64. The fourth-order valence-electron chi connectivity index (χ4n) is 5.16. The number of esters is 2. The lowest BCUT2D eigenvalue weighted by Crippen LogP contribution is -2.36. The number of carbonyl (C=O) groups excluding carboxylic acids is 2. The topological polar surface area (TPSA) is 127 Å². The monoisotopic (exact) mass is 508 g/mol. The highest BCUT2D eigenvalue weighted by atomic mass is 16.5. The molecule has 6 unspecified atom stereocenters. The number of hydrogen-bond donors (Lipinski definition) is 2. The van der Waals surface area contributed by atoms with E-state index in [0.29, 0.717) is 47.7 Å². The molecule has 0 aliphatic heterocycles. The molecule has 36 heavy (non-hydrogen) atoms. The molecule has 0 heterocycles. The van der Waals surface area contributed by atoms with Gasteiger partial charge in [-0.25, -0.2) is 19.2 Å². The van der Waals surface area contributed by atoms with E-state index < -0.39 is 23.9 Å². The second-order valence-electron chi connectivity index (χ2n) is 10.9. The van der Waals surface area contributed by atoms with Gasteiger partial charge in [-0.3, -0.25) is 0 Å². The number of carboxylic acids is 2. The summed E-state index contributed by atoms with van der Waals surface area (Å²) in [5, 5.41) is 15.6. The van der Waals surface area contributed by atoms with Crippen LogP contribution in [0.3, 0.4) is 0 Å². The first kappa shape index (κ1) is 31.4. The maximum Gasteiger partial charge on any atom is 0.331 e. The Labute approximate surface area is 215 Å². The number of aliphatic carboxylic acids is 2. The van der Waals surface area contributed by atoms with E-state index in [1.54, 1.807) is 0 Å². The predicted molar refractivity (Wildman–Crippen MR) is 136 cm³/mol. The summed E-state index contributed by atoms with van der Waals surface area (Å²) in [6, 6.07) is 0. The molecule has 0 amide bonds. The third-order valence-electron chi connectivity index (χ3n) is 7.18. The van der Waals surface area contributed by atoms with Crippen LogP contribution in [-0.2, 0) is 28.7 Å². The molecule has 0 saturated heterocycles. The summed E-state index contributed by atoms with van der Waals surface area (Å²) < 4.78 is 11.4. The molecule has 0 spiro atoms. The minimum atomic E-state index is -1.26. The van der Waals surface area contributed by atoms with E-state index in [9.17, 15) is 19.2 Å². The lowest BCUT2D eigenvalue weighted by atomic mass is 9.75. The van der Waals surface area contributed by atoms with E-state index in [4.69, 9.17) is 19.7 Å². The molecule has 0 aromatic heterocycles. The summed E-state index contributed by atoms with van der Waals surface area (Å²) in [4.78, 5) is 43.7. The molecular formula is C28H44O8. The Morgan fingerprint density at radius 2 is 0.972 bits per heavy atom. The standard InChI is InChI=1S/C24H40O4.C4H4O4/c1-15(2)19-9-7-17(5)13-21(19)27-23(25)11-12-24(26)28-22-14-18(6)8-10-20(22)16(3)4;5-3(6)1-2-4(7)8/h11-12,15-22H,7-10,13-14H2,1-6H3;1-2H,(H,5,6)(H,7,8)/b12-11-;2-1-. The Balaban J connectivity index is 0.000000697. The van der Waals surface area contributed by atoms with Gasteiger partial charge in [0.2, 0.25) is 0 Å². The van der Waals surface area contributed by atoms with Crippen LogP contribution in [0.5, 0.6) is 0 Å². The highest BCUT2D eigenvalue weighted by molar-refractivity contribution is 5.92. The highest BCUT2D eigenvalue weighted by Crippen LogP contribution is 2.36. The zero-order valence-electron chi connectivity index (χ0n) is 22.5. The van der Waals surface area contributed by atoms with Crippen LogP contribution < -0.4 is 0 Å². The van der Waals surface area contributed by atoms with E-state index >= 15 is 0 Å². The average Bonchev–Trinajstić information content (AvgIpc) is 2.76. The van der Waals surface area contributed by atoms with Crippen molar-refractivity contribution in [3.05, 3.63) is 24.3 Å². The van der Waals surface area contributed by atoms with Gasteiger partial charge in [0.1, 0.15) is 12.2 Å². The van der Waals surface area contributed by atoms with Crippen molar-refractivity contribution in [2.24, 2.45) is 35.5 Å². The maximum atomic E-state index is 12.3. The van der Waals surface area contributed by atoms with Crippen molar-refractivity contribution in [2.75, 3.05) is 0 Å². The molecule has 2 aliphatic carbocycles. The number of hydrogen-bond acceptors (Lipinski definition) is 6. The fourth-order valence-corrected chi connectivity index (χ4v) is 5.16. The van der Waals surface area contributed by atoms with Gasteiger partial charge in [-0.05, 0) is 61.2 Å². The molecule has 2 fully saturated rings. The third kappa shape index (κ3) is 11.9. The molecule has 8 nitrogen and oxygen atoms in total. The second-order valence-corrected chi connectivity index (χ2v) is 10.9. The first-order chi connectivity index (χ1) is 16.8. The van der Waals surface area contributed by atoms with Gasteiger partial charge in [-0.1, -0.05) is 54.4 Å². The first-order valence-corrected chi connectivity index (χ1v) is 13.0. The van der Waals surface area contributed by atoms with E-state index in [0.717, 1.165) is 25.7 Å². The Bertz CT molecular complexity index is 733. The van der Waals surface area contributed by atoms with Gasteiger partial charge in [0, 0.05) is 24.3 Å². The van der Waals surface area contributed by atoms with Crippen molar-refractivity contribution in [1.82, 2.24) is 0 Å². The van der Waals surface area contributed by atoms with Gasteiger partial charge < -0.3 is 19.7 Å². The predicted octanol–water partition coefficient (Wildman–Crippen LogP) is 5.26. The number of ether oxygens (including phenoxy) is 2. The summed E-state index contributed by atoms with van der Waals surface area (Å²) in [5.41, 5.74) is 0. The molecule has 0 aromatic carbocycles. The zero-order chi connectivity index (χ0) is 27.4. The fraction of sp³-hybridized carbons (Fsp3) is 0.714. The third-order valence-corrected chi connectivity index (χ3v) is 7.18. The molecule has 0 aromatic rings. The summed E-state index contributed by atoms with van der Waals surface area (Å²) in [6.45, 7) is 13.2. The van der Waals surface area contributed by atoms with E-state index in [2.05, 4.69) is 41.5 Å². The normalized spacial score (nSPS) is 28.6. The Morgan fingerprint density at radius 3 is 1.25 bits per heavy atom. The van der Waals surface area contributed by atoms with Crippen LogP contribution in [0.1, 0.15) is 80.1 Å². The molecule has 2 saturated carbocycles. The Kier molecular flexibility index (Phi) is 13.5. The average molecular weight is 509 g/mol. The summed E-state index contributed by atoms with van der Waals surface area (Å²) in [6.07, 6.45) is 9.88.